The summed E-state index contributed by atoms with van der Waals surface area (Å²) >= 11 is 5.72. The Labute approximate surface area is 112 Å². The zero-order valence-electron chi connectivity index (χ0n) is 9.61. The average molecular weight is 277 g/mol. The third-order valence-corrected chi connectivity index (χ3v) is 2.98. The number of rotatable bonds is 1. The van der Waals surface area contributed by atoms with Crippen molar-refractivity contribution in [3.05, 3.63) is 62.3 Å². The first kappa shape index (κ1) is 11.6. The molecule has 3 rings (SSSR count). The number of benzene rings is 1. The monoisotopic (exact) mass is 276 g/mol. The summed E-state index contributed by atoms with van der Waals surface area (Å²) in [7, 11) is 0. The van der Waals surface area contributed by atoms with E-state index in [0.717, 1.165) is 4.68 Å². The van der Waals surface area contributed by atoms with Crippen molar-refractivity contribution in [1.29, 1.82) is 0 Å². The Bertz CT molecular complexity index is 831. The molecule has 0 radical (unpaired) electrons. The van der Waals surface area contributed by atoms with E-state index in [4.69, 9.17) is 11.6 Å². The molecule has 0 bridgehead atoms. The second-order valence-electron chi connectivity index (χ2n) is 3.94. The molecule has 6 nitrogen and oxygen atoms in total. The molecule has 19 heavy (non-hydrogen) atoms. The predicted molar refractivity (Wildman–Crippen MR) is 73.3 cm³/mol. The molecule has 2 heterocycles. The van der Waals surface area contributed by atoms with Gasteiger partial charge in [-0.3, -0.25) is 25.5 Å². The highest BCUT2D eigenvalue weighted by atomic mass is 35.5. The van der Waals surface area contributed by atoms with E-state index >= 15 is 0 Å². The molecule has 2 aromatic rings. The highest BCUT2D eigenvalue weighted by Gasteiger charge is 2.11. The van der Waals surface area contributed by atoms with Crippen molar-refractivity contribution in [3.8, 4) is 0 Å². The Balaban J connectivity index is 2.30. The molecule has 0 amide bonds. The van der Waals surface area contributed by atoms with Crippen molar-refractivity contribution in [1.82, 2.24) is 20.6 Å². The van der Waals surface area contributed by atoms with E-state index < -0.39 is 0 Å². The fourth-order valence-corrected chi connectivity index (χ4v) is 1.97. The molecule has 7 heteroatoms. The molecule has 96 valence electrons. The van der Waals surface area contributed by atoms with Crippen molar-refractivity contribution >= 4 is 28.2 Å². The van der Waals surface area contributed by atoms with E-state index in [1.165, 1.54) is 0 Å². The van der Waals surface area contributed by atoms with Gasteiger partial charge in [0.2, 0.25) is 0 Å². The van der Waals surface area contributed by atoms with Crippen LogP contribution in [-0.2, 0) is 0 Å². The number of H-pyrrole nitrogens is 1. The zero-order chi connectivity index (χ0) is 13.4. The summed E-state index contributed by atoms with van der Waals surface area (Å²) in [6.07, 6.45) is 3.16. The zero-order valence-corrected chi connectivity index (χ0v) is 10.4. The van der Waals surface area contributed by atoms with Crippen molar-refractivity contribution in [3.63, 3.8) is 0 Å². The van der Waals surface area contributed by atoms with Gasteiger partial charge in [-0.1, -0.05) is 23.7 Å². The van der Waals surface area contributed by atoms with E-state index in [2.05, 4.69) is 16.0 Å². The highest BCUT2D eigenvalue weighted by Crippen LogP contribution is 2.07. The van der Waals surface area contributed by atoms with Crippen LogP contribution >= 0.6 is 11.6 Å². The Hall–Kier alpha value is -2.47. The molecular formula is C12H9ClN4O2. The smallest absolute Gasteiger partial charge is 0.279 e. The largest absolute Gasteiger partial charge is 0.289 e. The van der Waals surface area contributed by atoms with Gasteiger partial charge < -0.3 is 0 Å². The number of allylic oxidation sites excluding steroid dienone is 2. The molecule has 0 fully saturated rings. The molecule has 0 saturated heterocycles. The van der Waals surface area contributed by atoms with Crippen LogP contribution in [0.3, 0.4) is 0 Å². The molecule has 3 N–H and O–H groups in total. The van der Waals surface area contributed by atoms with E-state index in [-0.39, 0.29) is 11.1 Å². The van der Waals surface area contributed by atoms with E-state index in [0.29, 0.717) is 21.7 Å². The Morgan fingerprint density at radius 2 is 1.74 bits per heavy atom. The van der Waals surface area contributed by atoms with Crippen LogP contribution < -0.4 is 22.0 Å². The second kappa shape index (κ2) is 4.33. The average Bonchev–Trinajstić information content (AvgIpc) is 2.44. The minimum atomic E-state index is -0.335. The molecule has 0 saturated carbocycles. The molecule has 0 spiro atoms. The second-order valence-corrected chi connectivity index (χ2v) is 4.35. The number of aromatic nitrogens is 2. The number of nitrogens with one attached hydrogen (secondary N) is 3. The highest BCUT2D eigenvalue weighted by molar-refractivity contribution is 6.29. The number of halogens is 1. The van der Waals surface area contributed by atoms with Crippen molar-refractivity contribution < 1.29 is 0 Å². The first-order chi connectivity index (χ1) is 9.16. The summed E-state index contributed by atoms with van der Waals surface area (Å²) in [5.41, 5.74) is 4.72. The van der Waals surface area contributed by atoms with Gasteiger partial charge in [-0.2, -0.15) is 4.68 Å². The summed E-state index contributed by atoms with van der Waals surface area (Å²) in [6.45, 7) is 0. The molecular weight excluding hydrogens is 268 g/mol. The van der Waals surface area contributed by atoms with Gasteiger partial charge in [-0.05, 0) is 24.3 Å². The van der Waals surface area contributed by atoms with Gasteiger partial charge >= 0.3 is 0 Å². The third kappa shape index (κ3) is 1.92. The fraction of sp³-hybridized carbons (Fsp3) is 0. The number of hydrogen-bond donors (Lipinski definition) is 3. The lowest BCUT2D eigenvalue weighted by Gasteiger charge is -2.17. The summed E-state index contributed by atoms with van der Waals surface area (Å²) < 4.78 is 1.14. The van der Waals surface area contributed by atoms with Gasteiger partial charge in [-0.15, -0.1) is 0 Å². The molecule has 0 unspecified atom stereocenters. The van der Waals surface area contributed by atoms with Crippen molar-refractivity contribution in [2.45, 2.75) is 0 Å². The molecule has 1 aliphatic rings. The quantitative estimate of drug-likeness (QED) is 0.669. The van der Waals surface area contributed by atoms with Crippen molar-refractivity contribution in [2.75, 3.05) is 0 Å². The van der Waals surface area contributed by atoms with Crippen LogP contribution in [0.4, 0.5) is 0 Å². The van der Waals surface area contributed by atoms with Crippen LogP contribution in [0.1, 0.15) is 0 Å². The molecule has 1 aliphatic heterocycles. The Morgan fingerprint density at radius 3 is 2.42 bits per heavy atom. The van der Waals surface area contributed by atoms with Crippen LogP contribution in [-0.4, -0.2) is 9.78 Å². The minimum absolute atomic E-state index is 0.317. The molecule has 0 aliphatic carbocycles. The van der Waals surface area contributed by atoms with Gasteiger partial charge in [0.1, 0.15) is 11.0 Å². The minimum Gasteiger partial charge on any atom is -0.289 e. The number of fused-ring (bicyclic) bond motifs is 1. The number of hydrazine groups is 1. The third-order valence-electron chi connectivity index (χ3n) is 2.76. The van der Waals surface area contributed by atoms with E-state index in [1.807, 2.05) is 0 Å². The van der Waals surface area contributed by atoms with Gasteiger partial charge in [0.05, 0.1) is 10.8 Å². The van der Waals surface area contributed by atoms with E-state index in [9.17, 15) is 9.59 Å². The summed E-state index contributed by atoms with van der Waals surface area (Å²) in [5.74, 6) is 0.386. The normalized spacial score (nSPS) is 14.4. The Kier molecular flexibility index (Phi) is 2.64. The van der Waals surface area contributed by atoms with Crippen LogP contribution in [0.15, 0.2) is 51.2 Å². The number of nitrogens with zero attached hydrogens (tertiary/aromatic N) is 1. The topological polar surface area (TPSA) is 78.9 Å². The van der Waals surface area contributed by atoms with Crippen molar-refractivity contribution in [2.24, 2.45) is 0 Å². The van der Waals surface area contributed by atoms with Gasteiger partial charge in [0, 0.05) is 0 Å². The molecule has 1 aromatic carbocycles. The van der Waals surface area contributed by atoms with Crippen LogP contribution in [0.5, 0.6) is 0 Å². The lowest BCUT2D eigenvalue weighted by molar-refractivity contribution is 0.679. The van der Waals surface area contributed by atoms with Gasteiger partial charge in [0.25, 0.3) is 11.1 Å². The number of aromatic amines is 1. The predicted octanol–water partition coefficient (Wildman–Crippen LogP) is 0.676. The summed E-state index contributed by atoms with van der Waals surface area (Å²) in [5, 5.41) is 3.62. The van der Waals surface area contributed by atoms with Crippen LogP contribution in [0.2, 0.25) is 0 Å². The van der Waals surface area contributed by atoms with Gasteiger partial charge in [0.15, 0.2) is 0 Å². The standard InChI is InChI=1S/C12H9ClN4O2/c13-9-5-6-10(15-14-9)17-12(19)8-4-2-1-3-7(8)11(18)16-17/h1-6,14-15H,(H,16,18). The van der Waals surface area contributed by atoms with Gasteiger partial charge in [-0.25, -0.2) is 0 Å². The lowest BCUT2D eigenvalue weighted by Crippen LogP contribution is -2.39. The molecule has 1 aromatic heterocycles. The van der Waals surface area contributed by atoms with Crippen LogP contribution in [0, 0.1) is 0 Å². The Morgan fingerprint density at radius 1 is 1.00 bits per heavy atom. The van der Waals surface area contributed by atoms with Crippen LogP contribution in [0.25, 0.3) is 16.6 Å². The summed E-state index contributed by atoms with van der Waals surface area (Å²) in [4.78, 5) is 24.2. The maximum Gasteiger partial charge on any atom is 0.279 e. The first-order valence-corrected chi connectivity index (χ1v) is 5.88. The summed E-state index contributed by atoms with van der Waals surface area (Å²) in [6, 6.07) is 6.65. The maximum atomic E-state index is 12.3. The number of hydrogen-bond acceptors (Lipinski definition) is 4. The molecule has 0 atom stereocenters. The lowest BCUT2D eigenvalue weighted by atomic mass is 10.2. The fourth-order valence-electron chi connectivity index (χ4n) is 1.86. The maximum absolute atomic E-state index is 12.3. The SMILES string of the molecule is O=c1[nH]n(C2=CC=C(Cl)NN2)c(=O)c2ccccc12. The first-order valence-electron chi connectivity index (χ1n) is 5.51. The van der Waals surface area contributed by atoms with E-state index in [1.54, 1.807) is 36.4 Å².